The number of nitrogens with zero attached hydrogens (tertiary/aromatic N) is 4. The van der Waals surface area contributed by atoms with Crippen molar-refractivity contribution >= 4 is 23.1 Å². The first-order valence-electron chi connectivity index (χ1n) is 11.4. The van der Waals surface area contributed by atoms with E-state index in [1.165, 1.54) is 17.4 Å². The highest BCUT2D eigenvalue weighted by atomic mass is 32.1. The van der Waals surface area contributed by atoms with Crippen LogP contribution < -0.4 is 16.0 Å². The summed E-state index contributed by atoms with van der Waals surface area (Å²) in [5.74, 6) is 0.279. The smallest absolute Gasteiger partial charge is 0.239 e. The Labute approximate surface area is 200 Å². The standard InChI is InChI=1S/C23H26FN7O2S/c24-16-3-1-8-26-20(16)23(6-2-7-23)14-29-19-5-4-17(30-31-19)22-28-12-15(34-22)11-27-21(32)18-13-33-10-9-25-18/h1,3-5,8,12,18,25H,2,6-7,9-11,13-14H2,(H,27,32)(H,29,31). The van der Waals surface area contributed by atoms with Crippen LogP contribution in [-0.2, 0) is 21.5 Å². The molecule has 3 N–H and O–H groups in total. The fraction of sp³-hybridized carbons (Fsp3) is 0.435. The van der Waals surface area contributed by atoms with Gasteiger partial charge in [0.05, 0.1) is 25.5 Å². The van der Waals surface area contributed by atoms with Gasteiger partial charge in [0.2, 0.25) is 5.91 Å². The predicted molar refractivity (Wildman–Crippen MR) is 126 cm³/mol. The minimum atomic E-state index is -0.319. The van der Waals surface area contributed by atoms with Crippen LogP contribution in [-0.4, -0.2) is 58.4 Å². The second kappa shape index (κ2) is 10.1. The number of morpholine rings is 1. The number of anilines is 1. The number of aromatic nitrogens is 4. The van der Waals surface area contributed by atoms with Gasteiger partial charge in [-0.25, -0.2) is 9.37 Å². The van der Waals surface area contributed by atoms with Gasteiger partial charge in [-0.2, -0.15) is 0 Å². The van der Waals surface area contributed by atoms with Crippen molar-refractivity contribution < 1.29 is 13.9 Å². The molecule has 1 atom stereocenters. The number of hydrogen-bond donors (Lipinski definition) is 3. The maximum Gasteiger partial charge on any atom is 0.239 e. The molecule has 34 heavy (non-hydrogen) atoms. The molecule has 2 aliphatic rings. The molecule has 1 aliphatic heterocycles. The number of pyridine rings is 1. The normalized spacial score (nSPS) is 19.3. The molecule has 2 fully saturated rings. The van der Waals surface area contributed by atoms with Gasteiger partial charge in [-0.05, 0) is 37.1 Å². The van der Waals surface area contributed by atoms with E-state index in [-0.39, 0.29) is 23.2 Å². The van der Waals surface area contributed by atoms with Crippen molar-refractivity contribution in [3.05, 3.63) is 53.0 Å². The molecular weight excluding hydrogens is 457 g/mol. The van der Waals surface area contributed by atoms with E-state index < -0.39 is 0 Å². The van der Waals surface area contributed by atoms with Crippen LogP contribution in [0.25, 0.3) is 10.7 Å². The molecule has 9 nitrogen and oxygen atoms in total. The maximum atomic E-state index is 14.3. The first kappa shape index (κ1) is 22.8. The van der Waals surface area contributed by atoms with E-state index in [1.807, 2.05) is 12.1 Å². The third kappa shape index (κ3) is 4.91. The average molecular weight is 484 g/mol. The molecule has 0 spiro atoms. The van der Waals surface area contributed by atoms with E-state index in [4.69, 9.17) is 4.74 Å². The summed E-state index contributed by atoms with van der Waals surface area (Å²) in [6.45, 7) is 2.63. The van der Waals surface area contributed by atoms with Crippen LogP contribution in [0.4, 0.5) is 10.2 Å². The lowest BCUT2D eigenvalue weighted by Gasteiger charge is -2.41. The van der Waals surface area contributed by atoms with Gasteiger partial charge in [0.25, 0.3) is 0 Å². The van der Waals surface area contributed by atoms with Crippen molar-refractivity contribution in [3.8, 4) is 10.7 Å². The highest BCUT2D eigenvalue weighted by Crippen LogP contribution is 2.43. The van der Waals surface area contributed by atoms with Crippen molar-refractivity contribution in [2.75, 3.05) is 31.6 Å². The van der Waals surface area contributed by atoms with Crippen LogP contribution in [0.2, 0.25) is 0 Å². The summed E-state index contributed by atoms with van der Waals surface area (Å²) in [5, 5.41) is 18.7. The summed E-state index contributed by atoms with van der Waals surface area (Å²) >= 11 is 1.46. The highest BCUT2D eigenvalue weighted by molar-refractivity contribution is 7.15. The number of amides is 1. The summed E-state index contributed by atoms with van der Waals surface area (Å²) in [6.07, 6.45) is 6.21. The van der Waals surface area contributed by atoms with Crippen molar-refractivity contribution in [2.24, 2.45) is 0 Å². The second-order valence-corrected chi connectivity index (χ2v) is 9.67. The third-order valence-electron chi connectivity index (χ3n) is 6.29. The van der Waals surface area contributed by atoms with Crippen LogP contribution in [0.1, 0.15) is 29.8 Å². The SMILES string of the molecule is O=C(NCc1cnc(-c2ccc(NCC3(c4ncccc4F)CCC3)nn2)s1)C1COCCN1. The van der Waals surface area contributed by atoms with Crippen molar-refractivity contribution in [1.29, 1.82) is 0 Å². The molecule has 3 aromatic rings. The van der Waals surface area contributed by atoms with Crippen LogP contribution in [0.5, 0.6) is 0 Å². The molecule has 0 aromatic carbocycles. The zero-order valence-corrected chi connectivity index (χ0v) is 19.4. The lowest BCUT2D eigenvalue weighted by atomic mass is 9.66. The Morgan fingerprint density at radius 3 is 2.88 bits per heavy atom. The van der Waals surface area contributed by atoms with E-state index in [1.54, 1.807) is 18.5 Å². The number of rotatable bonds is 8. The zero-order chi connectivity index (χ0) is 23.4. The molecule has 1 unspecified atom stereocenters. The molecule has 3 aromatic heterocycles. The minimum Gasteiger partial charge on any atom is -0.378 e. The van der Waals surface area contributed by atoms with Gasteiger partial charge < -0.3 is 20.7 Å². The number of halogens is 1. The molecule has 1 saturated carbocycles. The van der Waals surface area contributed by atoms with Crippen molar-refractivity contribution in [1.82, 2.24) is 30.8 Å². The predicted octanol–water partition coefficient (Wildman–Crippen LogP) is 2.27. The fourth-order valence-corrected chi connectivity index (χ4v) is 5.03. The summed E-state index contributed by atoms with van der Waals surface area (Å²) in [6, 6.07) is 6.46. The first-order valence-corrected chi connectivity index (χ1v) is 12.2. The summed E-state index contributed by atoms with van der Waals surface area (Å²) in [7, 11) is 0. The Balaban J connectivity index is 1.17. The number of ether oxygens (including phenoxy) is 1. The van der Waals surface area contributed by atoms with E-state index in [2.05, 4.69) is 36.1 Å². The Hall–Kier alpha value is -3.02. The molecular formula is C23H26FN7O2S. The van der Waals surface area contributed by atoms with E-state index >= 15 is 0 Å². The molecule has 5 rings (SSSR count). The Kier molecular flexibility index (Phi) is 6.75. The molecule has 1 aliphatic carbocycles. The number of carbonyl (C=O) groups excluding carboxylic acids is 1. The molecule has 178 valence electrons. The number of carbonyl (C=O) groups is 1. The Bertz CT molecular complexity index is 1130. The lowest BCUT2D eigenvalue weighted by molar-refractivity contribution is -0.126. The molecule has 11 heteroatoms. The highest BCUT2D eigenvalue weighted by Gasteiger charge is 2.41. The number of thiazole rings is 1. The average Bonchev–Trinajstić information content (AvgIpc) is 3.33. The Morgan fingerprint density at radius 2 is 2.18 bits per heavy atom. The zero-order valence-electron chi connectivity index (χ0n) is 18.6. The second-order valence-electron chi connectivity index (χ2n) is 8.56. The van der Waals surface area contributed by atoms with Gasteiger partial charge in [-0.15, -0.1) is 21.5 Å². The van der Waals surface area contributed by atoms with Gasteiger partial charge in [0, 0.05) is 35.8 Å². The third-order valence-corrected chi connectivity index (χ3v) is 7.31. The van der Waals surface area contributed by atoms with Gasteiger partial charge >= 0.3 is 0 Å². The van der Waals surface area contributed by atoms with Crippen molar-refractivity contribution in [2.45, 2.75) is 37.3 Å². The van der Waals surface area contributed by atoms with Crippen LogP contribution in [0.3, 0.4) is 0 Å². The van der Waals surface area contributed by atoms with Gasteiger partial charge in [-0.1, -0.05) is 6.42 Å². The summed E-state index contributed by atoms with van der Waals surface area (Å²) in [5.41, 5.74) is 0.872. The fourth-order valence-electron chi connectivity index (χ4n) is 4.22. The molecule has 1 amide bonds. The van der Waals surface area contributed by atoms with Crippen LogP contribution in [0.15, 0.2) is 36.7 Å². The Morgan fingerprint density at radius 1 is 1.26 bits per heavy atom. The van der Waals surface area contributed by atoms with Gasteiger partial charge in [-0.3, -0.25) is 9.78 Å². The number of hydrogen-bond acceptors (Lipinski definition) is 9. The number of nitrogens with one attached hydrogen (secondary N) is 3. The van der Waals surface area contributed by atoms with E-state index in [9.17, 15) is 9.18 Å². The van der Waals surface area contributed by atoms with Crippen molar-refractivity contribution in [3.63, 3.8) is 0 Å². The quantitative estimate of drug-likeness (QED) is 0.447. The topological polar surface area (TPSA) is 114 Å². The van der Waals surface area contributed by atoms with E-state index in [0.717, 1.165) is 29.1 Å². The van der Waals surface area contributed by atoms with Crippen LogP contribution in [0, 0.1) is 5.82 Å². The van der Waals surface area contributed by atoms with Gasteiger partial charge in [0.1, 0.15) is 28.4 Å². The minimum absolute atomic E-state index is 0.0836. The first-order chi connectivity index (χ1) is 16.6. The molecule has 0 radical (unpaired) electrons. The largest absolute Gasteiger partial charge is 0.378 e. The monoisotopic (exact) mass is 483 g/mol. The lowest BCUT2D eigenvalue weighted by Crippen LogP contribution is -2.50. The maximum absolute atomic E-state index is 14.3. The summed E-state index contributed by atoms with van der Waals surface area (Å²) in [4.78, 5) is 21.9. The van der Waals surface area contributed by atoms with Gasteiger partial charge in [0.15, 0.2) is 0 Å². The summed E-state index contributed by atoms with van der Waals surface area (Å²) < 4.78 is 19.6. The van der Waals surface area contributed by atoms with E-state index in [0.29, 0.717) is 50.1 Å². The molecule has 4 heterocycles. The molecule has 0 bridgehead atoms. The molecule has 1 saturated heterocycles. The van der Waals surface area contributed by atoms with Crippen LogP contribution >= 0.6 is 11.3 Å².